The van der Waals surface area contributed by atoms with Crippen molar-refractivity contribution in [1.29, 1.82) is 0 Å². The first-order valence-electron chi connectivity index (χ1n) is 6.69. The summed E-state index contributed by atoms with van der Waals surface area (Å²) in [6, 6.07) is 6.85. The topological polar surface area (TPSA) is 43.8 Å². The van der Waals surface area contributed by atoms with E-state index in [-0.39, 0.29) is 6.04 Å². The van der Waals surface area contributed by atoms with Crippen LogP contribution in [0.15, 0.2) is 30.6 Å². The molecular weight excluding hydrogens is 222 g/mol. The molecule has 0 bridgehead atoms. The van der Waals surface area contributed by atoms with E-state index >= 15 is 0 Å². The number of hydrogen-bond acceptors (Lipinski definition) is 2. The van der Waals surface area contributed by atoms with Gasteiger partial charge in [-0.3, -0.25) is 4.68 Å². The molecule has 0 amide bonds. The minimum absolute atomic E-state index is 0.233. The van der Waals surface area contributed by atoms with Gasteiger partial charge in [0.2, 0.25) is 0 Å². The highest BCUT2D eigenvalue weighted by Crippen LogP contribution is 2.32. The molecular formula is C15H19N3. The molecule has 0 aliphatic heterocycles. The molecule has 1 aliphatic rings. The molecule has 1 heterocycles. The van der Waals surface area contributed by atoms with Gasteiger partial charge in [0.15, 0.2) is 0 Å². The standard InChI is InChI=1S/C15H19N3/c1-2-7-18-10-13(9-17-18)11-3-5-14-12(8-11)4-6-15(14)16/h3,5,8-10,15H,2,4,6-7,16H2,1H3. The Morgan fingerprint density at radius 2 is 2.28 bits per heavy atom. The third-order valence-corrected chi connectivity index (χ3v) is 3.69. The van der Waals surface area contributed by atoms with Crippen LogP contribution in [-0.4, -0.2) is 9.78 Å². The summed E-state index contributed by atoms with van der Waals surface area (Å²) in [6.45, 7) is 3.15. The number of fused-ring (bicyclic) bond motifs is 1. The summed E-state index contributed by atoms with van der Waals surface area (Å²) in [5, 5.41) is 4.38. The Kier molecular flexibility index (Phi) is 2.92. The van der Waals surface area contributed by atoms with Gasteiger partial charge in [0.05, 0.1) is 6.20 Å². The Labute approximate surface area is 108 Å². The molecule has 0 saturated carbocycles. The molecule has 1 atom stereocenters. The zero-order valence-corrected chi connectivity index (χ0v) is 10.8. The average Bonchev–Trinajstić information content (AvgIpc) is 2.97. The molecule has 3 heteroatoms. The lowest BCUT2D eigenvalue weighted by atomic mass is 10.0. The lowest BCUT2D eigenvalue weighted by molar-refractivity contribution is 0.603. The monoisotopic (exact) mass is 241 g/mol. The van der Waals surface area contributed by atoms with Gasteiger partial charge in [-0.15, -0.1) is 0 Å². The first-order chi connectivity index (χ1) is 8.78. The number of rotatable bonds is 3. The van der Waals surface area contributed by atoms with Crippen molar-refractivity contribution >= 4 is 0 Å². The van der Waals surface area contributed by atoms with Crippen molar-refractivity contribution in [2.24, 2.45) is 5.73 Å². The van der Waals surface area contributed by atoms with E-state index < -0.39 is 0 Å². The number of benzene rings is 1. The van der Waals surface area contributed by atoms with E-state index in [0.29, 0.717) is 0 Å². The summed E-state index contributed by atoms with van der Waals surface area (Å²) in [4.78, 5) is 0. The second-order valence-electron chi connectivity index (χ2n) is 5.05. The molecule has 1 aromatic carbocycles. The zero-order chi connectivity index (χ0) is 12.5. The van der Waals surface area contributed by atoms with Crippen LogP contribution in [0, 0.1) is 0 Å². The predicted molar refractivity (Wildman–Crippen MR) is 73.2 cm³/mol. The van der Waals surface area contributed by atoms with Crippen LogP contribution in [0.4, 0.5) is 0 Å². The van der Waals surface area contributed by atoms with E-state index in [2.05, 4.69) is 36.4 Å². The van der Waals surface area contributed by atoms with Gasteiger partial charge in [0.25, 0.3) is 0 Å². The van der Waals surface area contributed by atoms with Gasteiger partial charge < -0.3 is 5.73 Å². The van der Waals surface area contributed by atoms with Crippen LogP contribution >= 0.6 is 0 Å². The Morgan fingerprint density at radius 3 is 3.11 bits per heavy atom. The number of hydrogen-bond donors (Lipinski definition) is 1. The Morgan fingerprint density at radius 1 is 1.39 bits per heavy atom. The molecule has 0 saturated heterocycles. The van der Waals surface area contributed by atoms with Gasteiger partial charge in [0, 0.05) is 24.3 Å². The first kappa shape index (κ1) is 11.5. The molecule has 1 aliphatic carbocycles. The smallest absolute Gasteiger partial charge is 0.0568 e. The molecule has 0 spiro atoms. The van der Waals surface area contributed by atoms with Crippen LogP contribution < -0.4 is 5.73 Å². The minimum Gasteiger partial charge on any atom is -0.324 e. The number of aromatic nitrogens is 2. The lowest BCUT2D eigenvalue weighted by Crippen LogP contribution is -2.04. The molecule has 2 N–H and O–H groups in total. The van der Waals surface area contributed by atoms with Crippen molar-refractivity contribution in [3.8, 4) is 11.1 Å². The van der Waals surface area contributed by atoms with Gasteiger partial charge in [-0.25, -0.2) is 0 Å². The first-order valence-corrected chi connectivity index (χ1v) is 6.69. The van der Waals surface area contributed by atoms with Gasteiger partial charge in [-0.05, 0) is 36.0 Å². The van der Waals surface area contributed by atoms with Gasteiger partial charge in [0.1, 0.15) is 0 Å². The molecule has 3 nitrogen and oxygen atoms in total. The molecule has 1 aromatic heterocycles. The highest BCUT2D eigenvalue weighted by molar-refractivity contribution is 5.64. The SMILES string of the molecule is CCCn1cc(-c2ccc3c(c2)CCC3N)cn1. The Balaban J connectivity index is 1.92. The Bertz CT molecular complexity index is 557. The molecule has 3 rings (SSSR count). The normalized spacial score (nSPS) is 18.0. The van der Waals surface area contributed by atoms with E-state index in [1.807, 2.05) is 10.9 Å². The maximum atomic E-state index is 6.06. The molecule has 2 aromatic rings. The van der Waals surface area contributed by atoms with E-state index in [9.17, 15) is 0 Å². The van der Waals surface area contributed by atoms with Crippen molar-refractivity contribution in [2.45, 2.75) is 38.8 Å². The van der Waals surface area contributed by atoms with Crippen LogP contribution in [0.1, 0.15) is 36.9 Å². The zero-order valence-electron chi connectivity index (χ0n) is 10.8. The van der Waals surface area contributed by atoms with Crippen LogP contribution in [0.3, 0.4) is 0 Å². The van der Waals surface area contributed by atoms with Crippen LogP contribution in [-0.2, 0) is 13.0 Å². The highest BCUT2D eigenvalue weighted by atomic mass is 15.3. The van der Waals surface area contributed by atoms with Crippen molar-refractivity contribution in [3.05, 3.63) is 41.7 Å². The van der Waals surface area contributed by atoms with Crippen molar-refractivity contribution in [2.75, 3.05) is 0 Å². The van der Waals surface area contributed by atoms with E-state index in [1.165, 1.54) is 22.3 Å². The molecule has 1 unspecified atom stereocenters. The summed E-state index contributed by atoms with van der Waals surface area (Å²) in [6.07, 6.45) is 7.37. The quantitative estimate of drug-likeness (QED) is 0.898. The van der Waals surface area contributed by atoms with Crippen molar-refractivity contribution in [1.82, 2.24) is 9.78 Å². The van der Waals surface area contributed by atoms with Crippen LogP contribution in [0.25, 0.3) is 11.1 Å². The predicted octanol–water partition coefficient (Wildman–Crippen LogP) is 2.91. The van der Waals surface area contributed by atoms with Gasteiger partial charge in [-0.2, -0.15) is 5.10 Å². The van der Waals surface area contributed by atoms with E-state index in [1.54, 1.807) is 0 Å². The molecule has 0 radical (unpaired) electrons. The fourth-order valence-electron chi connectivity index (χ4n) is 2.69. The summed E-state index contributed by atoms with van der Waals surface area (Å²) in [7, 11) is 0. The maximum absolute atomic E-state index is 6.06. The van der Waals surface area contributed by atoms with E-state index in [4.69, 9.17) is 5.73 Å². The fourth-order valence-corrected chi connectivity index (χ4v) is 2.69. The van der Waals surface area contributed by atoms with Crippen LogP contribution in [0.5, 0.6) is 0 Å². The second kappa shape index (κ2) is 4.58. The summed E-state index contributed by atoms with van der Waals surface area (Å²) >= 11 is 0. The number of nitrogens with two attached hydrogens (primary N) is 1. The summed E-state index contributed by atoms with van der Waals surface area (Å²) < 4.78 is 2.01. The summed E-state index contributed by atoms with van der Waals surface area (Å²) in [5.74, 6) is 0. The Hall–Kier alpha value is -1.61. The lowest BCUT2D eigenvalue weighted by Gasteiger charge is -2.06. The van der Waals surface area contributed by atoms with Gasteiger partial charge in [-0.1, -0.05) is 25.1 Å². The maximum Gasteiger partial charge on any atom is 0.0568 e. The molecule has 18 heavy (non-hydrogen) atoms. The van der Waals surface area contributed by atoms with Gasteiger partial charge >= 0.3 is 0 Å². The fraction of sp³-hybridized carbons (Fsp3) is 0.400. The van der Waals surface area contributed by atoms with Crippen LogP contribution in [0.2, 0.25) is 0 Å². The minimum atomic E-state index is 0.233. The van der Waals surface area contributed by atoms with Crippen molar-refractivity contribution in [3.63, 3.8) is 0 Å². The number of nitrogens with zero attached hydrogens (tertiary/aromatic N) is 2. The van der Waals surface area contributed by atoms with Crippen molar-refractivity contribution < 1.29 is 0 Å². The molecule has 0 fully saturated rings. The van der Waals surface area contributed by atoms with E-state index in [0.717, 1.165) is 25.8 Å². The molecule has 94 valence electrons. The third-order valence-electron chi connectivity index (χ3n) is 3.69. The summed E-state index contributed by atoms with van der Waals surface area (Å²) in [5.41, 5.74) is 11.2. The average molecular weight is 241 g/mol. The third kappa shape index (κ3) is 1.95. The second-order valence-corrected chi connectivity index (χ2v) is 5.05. The highest BCUT2D eigenvalue weighted by Gasteiger charge is 2.19. The number of aryl methyl sites for hydroxylation is 2. The largest absolute Gasteiger partial charge is 0.324 e.